The van der Waals surface area contributed by atoms with E-state index in [1.807, 2.05) is 0 Å². The fourth-order valence-corrected chi connectivity index (χ4v) is 7.47. The fraction of sp³-hybridized carbons (Fsp3) is 0.538. The molecule has 0 saturated carbocycles. The number of rotatable bonds is 34. The number of unbranched alkanes of at least 4 members (excludes halogenated alkanes) is 20. The summed E-state index contributed by atoms with van der Waals surface area (Å²) in [5, 5.41) is 0. The zero-order valence-electron chi connectivity index (χ0n) is 41.3. The average molecular weight is 1030 g/mol. The molecule has 0 radical (unpaired) electrons. The van der Waals surface area contributed by atoms with Gasteiger partial charge in [0.05, 0.1) is 57.1 Å². The molecule has 2 aromatic carbocycles. The molecular formula is C52H74CaO14S2. The molecule has 0 spiro atoms. The second-order valence-electron chi connectivity index (χ2n) is 16.2. The molecule has 0 bridgehead atoms. The van der Waals surface area contributed by atoms with Crippen LogP contribution in [0.2, 0.25) is 0 Å². The summed E-state index contributed by atoms with van der Waals surface area (Å²) >= 11 is 0. The predicted octanol–water partition coefficient (Wildman–Crippen LogP) is 12.9. The van der Waals surface area contributed by atoms with E-state index in [1.165, 1.54) is 63.6 Å². The van der Waals surface area contributed by atoms with E-state index in [2.05, 4.69) is 27.7 Å². The fourth-order valence-electron chi connectivity index (χ4n) is 6.48. The Labute approximate surface area is 442 Å². The van der Waals surface area contributed by atoms with Crippen LogP contribution < -0.4 is 0 Å². The molecule has 0 aliphatic heterocycles. The van der Waals surface area contributed by atoms with Crippen molar-refractivity contribution in [1.82, 2.24) is 0 Å². The Morgan fingerprint density at radius 1 is 0.391 bits per heavy atom. The van der Waals surface area contributed by atoms with Gasteiger partial charge in [0.25, 0.3) is 0 Å². The predicted molar refractivity (Wildman–Crippen MR) is 266 cm³/mol. The molecule has 0 heterocycles. The van der Waals surface area contributed by atoms with E-state index in [0.717, 1.165) is 152 Å². The maximum atomic E-state index is 12.5. The van der Waals surface area contributed by atoms with Gasteiger partial charge in [-0.3, -0.25) is 0 Å². The second-order valence-corrected chi connectivity index (χ2v) is 19.0. The van der Waals surface area contributed by atoms with E-state index >= 15 is 0 Å². The quantitative estimate of drug-likeness (QED) is 0.0159. The summed E-state index contributed by atoms with van der Waals surface area (Å²) in [5.74, 6) is -3.58. The van der Waals surface area contributed by atoms with Crippen LogP contribution in [0.3, 0.4) is 0 Å². The van der Waals surface area contributed by atoms with Crippen molar-refractivity contribution in [2.75, 3.05) is 0 Å². The molecule has 69 heavy (non-hydrogen) atoms. The van der Waals surface area contributed by atoms with Gasteiger partial charge in [0, 0.05) is 0 Å². The maximum Gasteiger partial charge on any atom is 2.00 e. The van der Waals surface area contributed by atoms with Crippen LogP contribution in [0.1, 0.15) is 223 Å². The Morgan fingerprint density at radius 2 is 0.623 bits per heavy atom. The van der Waals surface area contributed by atoms with Crippen LogP contribution in [0.25, 0.3) is 0 Å². The number of esters is 4. The van der Waals surface area contributed by atoms with E-state index in [-0.39, 0.29) is 60.0 Å². The summed E-state index contributed by atoms with van der Waals surface area (Å²) < 4.78 is 88.6. The Bertz CT molecular complexity index is 1990. The number of benzene rings is 2. The van der Waals surface area contributed by atoms with Crippen molar-refractivity contribution in [3.05, 3.63) is 108 Å². The number of hydrogen-bond acceptors (Lipinski definition) is 14. The Hall–Kier alpha value is -3.64. The smallest absolute Gasteiger partial charge is 0.744 e. The summed E-state index contributed by atoms with van der Waals surface area (Å²) in [6.07, 6.45) is 37.0. The molecule has 0 aliphatic rings. The van der Waals surface area contributed by atoms with Gasteiger partial charge in [-0.2, -0.15) is 0 Å². The Kier molecular flexibility index (Phi) is 37.9. The summed E-state index contributed by atoms with van der Waals surface area (Å²) in [5.41, 5.74) is -1.05. The first-order valence-corrected chi connectivity index (χ1v) is 27.1. The topological polar surface area (TPSA) is 220 Å². The van der Waals surface area contributed by atoms with Gasteiger partial charge in [0.1, 0.15) is 20.2 Å². The average Bonchev–Trinajstić information content (AvgIpc) is 3.31. The first-order valence-electron chi connectivity index (χ1n) is 24.3. The van der Waals surface area contributed by atoms with Crippen molar-refractivity contribution in [1.29, 1.82) is 0 Å². The van der Waals surface area contributed by atoms with Crippen molar-refractivity contribution >= 4 is 81.9 Å². The molecule has 14 nitrogen and oxygen atoms in total. The summed E-state index contributed by atoms with van der Waals surface area (Å²) in [7, 11) is -9.64. The van der Waals surface area contributed by atoms with Crippen LogP contribution in [-0.4, -0.2) is 87.6 Å². The van der Waals surface area contributed by atoms with Gasteiger partial charge < -0.3 is 28.1 Å². The molecule has 0 atom stereocenters. The zero-order chi connectivity index (χ0) is 50.5. The van der Waals surface area contributed by atoms with E-state index in [9.17, 15) is 45.1 Å². The molecule has 17 heteroatoms. The number of allylic oxidation sites excluding steroid dienone is 4. The summed E-state index contributed by atoms with van der Waals surface area (Å²) in [6.45, 7) is 8.58. The summed E-state index contributed by atoms with van der Waals surface area (Å²) in [6, 6.07) is 5.80. The van der Waals surface area contributed by atoms with Crippen LogP contribution in [0.5, 0.6) is 0 Å². The normalized spacial score (nSPS) is 11.7. The molecule has 0 amide bonds. The van der Waals surface area contributed by atoms with Crippen molar-refractivity contribution in [2.24, 2.45) is 0 Å². The first-order chi connectivity index (χ1) is 32.6. The molecular weight excluding hydrogens is 953 g/mol. The Balaban J connectivity index is 0.00000132. The largest absolute Gasteiger partial charge is 2.00 e. The van der Waals surface area contributed by atoms with E-state index < -0.39 is 53.9 Å². The van der Waals surface area contributed by atoms with Crippen LogP contribution >= 0.6 is 0 Å². The molecule has 0 saturated heterocycles. The number of ether oxygens (including phenoxy) is 4. The van der Waals surface area contributed by atoms with Gasteiger partial charge in [-0.25, -0.2) is 36.0 Å². The van der Waals surface area contributed by atoms with E-state index in [0.29, 0.717) is 0 Å². The third kappa shape index (κ3) is 30.7. The number of carbonyl (C=O) groups is 4. The minimum atomic E-state index is -4.82. The van der Waals surface area contributed by atoms with Crippen LogP contribution in [0.4, 0.5) is 0 Å². The van der Waals surface area contributed by atoms with E-state index in [4.69, 9.17) is 18.9 Å². The molecule has 0 fully saturated rings. The van der Waals surface area contributed by atoms with E-state index in [1.54, 1.807) is 24.3 Å². The van der Waals surface area contributed by atoms with Crippen molar-refractivity contribution in [3.63, 3.8) is 0 Å². The molecule has 0 unspecified atom stereocenters. The Morgan fingerprint density at radius 3 is 0.855 bits per heavy atom. The standard InChI is InChI=1S/2C26H38O7S.Ca/c2*1-3-5-7-9-11-13-15-19-32-25(27)23-18-17-22(34(29,30)31)21-24(23)26(28)33-20-16-14-12-10-8-6-4-2;/h2*15-21H,3-14H2,1-2H3,(H,29,30,31);/q;;+2/p-2/b2*19-15+,20-16+;. The molecule has 0 aromatic heterocycles. The van der Waals surface area contributed by atoms with Gasteiger partial charge >= 0.3 is 61.6 Å². The van der Waals surface area contributed by atoms with Gasteiger partial charge in [0.2, 0.25) is 0 Å². The number of hydrogen-bond donors (Lipinski definition) is 0. The molecule has 2 rings (SSSR count). The minimum absolute atomic E-state index is 0. The monoisotopic (exact) mass is 1030 g/mol. The van der Waals surface area contributed by atoms with Crippen LogP contribution in [0.15, 0.2) is 95.5 Å². The van der Waals surface area contributed by atoms with Gasteiger partial charge in [-0.1, -0.05) is 130 Å². The summed E-state index contributed by atoms with van der Waals surface area (Å²) in [4.78, 5) is 48.8. The van der Waals surface area contributed by atoms with Crippen molar-refractivity contribution in [3.8, 4) is 0 Å². The van der Waals surface area contributed by atoms with Crippen LogP contribution in [0, 0.1) is 0 Å². The zero-order valence-corrected chi connectivity index (χ0v) is 45.1. The van der Waals surface area contributed by atoms with Gasteiger partial charge in [0.15, 0.2) is 0 Å². The third-order valence-electron chi connectivity index (χ3n) is 10.4. The third-order valence-corrected chi connectivity index (χ3v) is 12.1. The molecule has 380 valence electrons. The van der Waals surface area contributed by atoms with Crippen molar-refractivity contribution in [2.45, 2.75) is 192 Å². The second kappa shape index (κ2) is 40.0. The number of carbonyl (C=O) groups excluding carboxylic acids is 4. The van der Waals surface area contributed by atoms with Gasteiger partial charge in [-0.15, -0.1) is 0 Å². The molecule has 0 aliphatic carbocycles. The first kappa shape index (κ1) is 65.4. The van der Waals surface area contributed by atoms with Gasteiger partial charge in [-0.05, 0) is 112 Å². The molecule has 0 N–H and O–H groups in total. The minimum Gasteiger partial charge on any atom is -0.744 e. The molecule has 2 aromatic rings. The van der Waals surface area contributed by atoms with Crippen LogP contribution in [-0.2, 0) is 39.2 Å². The maximum absolute atomic E-state index is 12.5. The SMILES string of the molecule is CCCCCCC/C=C/OC(=O)c1ccc(S(=O)(=O)[O-])cc1C(=O)O/C=C/CCCCCCC.CCCCCCC/C=C/OC(=O)c1ccc(S(=O)(=O)[O-])cc1C(=O)O/C=C/CCCCCCC.[Ca+2]. The van der Waals surface area contributed by atoms with Crippen molar-refractivity contribution < 1.29 is 64.1 Å².